The lowest BCUT2D eigenvalue weighted by Gasteiger charge is -2.32. The number of nitrogens with zero attached hydrogens (tertiary/aromatic N) is 5. The Kier molecular flexibility index (Phi) is 6.35. The second-order valence-corrected chi connectivity index (χ2v) is 8.29. The van der Waals surface area contributed by atoms with Crippen molar-refractivity contribution in [2.75, 3.05) is 32.1 Å². The molecular weight excluding hydrogens is 402 g/mol. The minimum absolute atomic E-state index is 0.0934. The number of hydrogen-bond donors (Lipinski definition) is 0. The number of carbonyl (C=O) groups excluding carboxylic acids is 1. The Morgan fingerprint density at radius 1 is 1.19 bits per heavy atom. The molecule has 1 aliphatic heterocycles. The van der Waals surface area contributed by atoms with Gasteiger partial charge in [-0.3, -0.25) is 9.78 Å². The molecule has 4 rings (SSSR count). The van der Waals surface area contributed by atoms with Gasteiger partial charge in [0.25, 0.3) is 0 Å². The first kappa shape index (κ1) is 21.7. The van der Waals surface area contributed by atoms with E-state index < -0.39 is 0 Å². The molecule has 1 fully saturated rings. The highest BCUT2D eigenvalue weighted by molar-refractivity contribution is 5.73. The molecule has 1 aromatic carbocycles. The number of aryl methyl sites for hydroxylation is 1. The van der Waals surface area contributed by atoms with Gasteiger partial charge in [-0.1, -0.05) is 12.1 Å². The van der Waals surface area contributed by atoms with E-state index >= 15 is 0 Å². The van der Waals surface area contributed by atoms with Gasteiger partial charge in [0.2, 0.25) is 5.91 Å². The van der Waals surface area contributed by atoms with Crippen molar-refractivity contribution >= 4 is 17.4 Å². The standard InChI is InChI=1S/C25H29N5O2/c1-17-7-5-9-21(11-17)29(3)24-13-23(20-12-22(32-4)15-26-14-20)27-25(28-24)19-8-6-10-30(16-19)18(2)31/h5,7,9,11-15,19H,6,8,10,16H2,1-4H3. The van der Waals surface area contributed by atoms with Crippen LogP contribution in [0.5, 0.6) is 5.75 Å². The summed E-state index contributed by atoms with van der Waals surface area (Å²) in [6, 6.07) is 12.2. The van der Waals surface area contributed by atoms with E-state index in [2.05, 4.69) is 35.0 Å². The summed E-state index contributed by atoms with van der Waals surface area (Å²) in [4.78, 5) is 30.1. The number of likely N-dealkylation sites (tertiary alicyclic amines) is 1. The Labute approximate surface area is 189 Å². The van der Waals surface area contributed by atoms with Gasteiger partial charge < -0.3 is 14.5 Å². The Balaban J connectivity index is 1.78. The zero-order valence-electron chi connectivity index (χ0n) is 19.1. The predicted octanol–water partition coefficient (Wildman–Crippen LogP) is 4.35. The number of hydrogen-bond acceptors (Lipinski definition) is 6. The quantitative estimate of drug-likeness (QED) is 0.598. The summed E-state index contributed by atoms with van der Waals surface area (Å²) >= 11 is 0. The number of piperidine rings is 1. The number of aromatic nitrogens is 3. The maximum Gasteiger partial charge on any atom is 0.219 e. The van der Waals surface area contributed by atoms with Gasteiger partial charge in [0, 0.05) is 56.5 Å². The molecular formula is C25H29N5O2. The van der Waals surface area contributed by atoms with Crippen molar-refractivity contribution in [1.82, 2.24) is 19.9 Å². The van der Waals surface area contributed by atoms with Crippen LogP contribution in [0.25, 0.3) is 11.3 Å². The van der Waals surface area contributed by atoms with Crippen molar-refractivity contribution in [1.29, 1.82) is 0 Å². The van der Waals surface area contributed by atoms with Crippen molar-refractivity contribution in [3.05, 3.63) is 60.2 Å². The third-order valence-corrected chi connectivity index (χ3v) is 5.94. The molecule has 7 heteroatoms. The highest BCUT2D eigenvalue weighted by atomic mass is 16.5. The minimum Gasteiger partial charge on any atom is -0.495 e. The fraction of sp³-hybridized carbons (Fsp3) is 0.360. The van der Waals surface area contributed by atoms with Gasteiger partial charge in [-0.05, 0) is 43.5 Å². The maximum atomic E-state index is 12.0. The van der Waals surface area contributed by atoms with Crippen molar-refractivity contribution in [2.45, 2.75) is 32.6 Å². The first-order valence-corrected chi connectivity index (χ1v) is 10.9. The Bertz CT molecular complexity index is 1120. The van der Waals surface area contributed by atoms with Gasteiger partial charge in [-0.15, -0.1) is 0 Å². The summed E-state index contributed by atoms with van der Waals surface area (Å²) in [5, 5.41) is 0. The summed E-state index contributed by atoms with van der Waals surface area (Å²) in [6.07, 6.45) is 5.36. The summed E-state index contributed by atoms with van der Waals surface area (Å²) in [6.45, 7) is 5.14. The van der Waals surface area contributed by atoms with E-state index in [1.807, 2.05) is 30.1 Å². The third-order valence-electron chi connectivity index (χ3n) is 5.94. The van der Waals surface area contributed by atoms with Crippen molar-refractivity contribution in [2.24, 2.45) is 0 Å². The van der Waals surface area contributed by atoms with Gasteiger partial charge in [-0.2, -0.15) is 0 Å². The number of anilines is 2. The second-order valence-electron chi connectivity index (χ2n) is 8.29. The molecule has 1 saturated heterocycles. The van der Waals surface area contributed by atoms with Crippen LogP contribution in [0.1, 0.15) is 37.1 Å². The topological polar surface area (TPSA) is 71.5 Å². The molecule has 0 saturated carbocycles. The summed E-state index contributed by atoms with van der Waals surface area (Å²) in [7, 11) is 3.64. The van der Waals surface area contributed by atoms with Crippen LogP contribution in [0.3, 0.4) is 0 Å². The van der Waals surface area contributed by atoms with Gasteiger partial charge in [0.05, 0.1) is 19.0 Å². The zero-order chi connectivity index (χ0) is 22.7. The molecule has 32 heavy (non-hydrogen) atoms. The Hall–Kier alpha value is -3.48. The van der Waals surface area contributed by atoms with Gasteiger partial charge in [0.1, 0.15) is 17.4 Å². The van der Waals surface area contributed by atoms with Crippen molar-refractivity contribution in [3.63, 3.8) is 0 Å². The lowest BCUT2D eigenvalue weighted by atomic mass is 9.96. The fourth-order valence-corrected chi connectivity index (χ4v) is 4.07. The third kappa shape index (κ3) is 4.72. The molecule has 3 heterocycles. The number of benzene rings is 1. The number of rotatable bonds is 5. The van der Waals surface area contributed by atoms with Crippen molar-refractivity contribution in [3.8, 4) is 17.0 Å². The van der Waals surface area contributed by atoms with Crippen LogP contribution in [0, 0.1) is 6.92 Å². The summed E-state index contributed by atoms with van der Waals surface area (Å²) in [5.41, 5.74) is 3.89. The smallest absolute Gasteiger partial charge is 0.219 e. The molecule has 7 nitrogen and oxygen atoms in total. The maximum absolute atomic E-state index is 12.0. The van der Waals surface area contributed by atoms with Crippen LogP contribution in [-0.4, -0.2) is 53.0 Å². The summed E-state index contributed by atoms with van der Waals surface area (Å²) < 4.78 is 5.36. The number of amides is 1. The lowest BCUT2D eigenvalue weighted by Crippen LogP contribution is -2.38. The number of pyridine rings is 1. The molecule has 3 aromatic rings. The highest BCUT2D eigenvalue weighted by Crippen LogP contribution is 2.32. The van der Waals surface area contributed by atoms with E-state index in [0.717, 1.165) is 48.0 Å². The molecule has 1 amide bonds. The molecule has 1 unspecified atom stereocenters. The average molecular weight is 432 g/mol. The number of carbonyl (C=O) groups is 1. The molecule has 1 aliphatic rings. The first-order valence-electron chi connectivity index (χ1n) is 10.9. The number of methoxy groups -OCH3 is 1. The van der Waals surface area contributed by atoms with Crippen LogP contribution in [0.4, 0.5) is 11.5 Å². The average Bonchev–Trinajstić information content (AvgIpc) is 2.83. The largest absolute Gasteiger partial charge is 0.495 e. The van der Waals surface area contributed by atoms with Gasteiger partial charge in [0.15, 0.2) is 0 Å². The highest BCUT2D eigenvalue weighted by Gasteiger charge is 2.26. The minimum atomic E-state index is 0.0934. The van der Waals surface area contributed by atoms with E-state index in [0.29, 0.717) is 12.3 Å². The van der Waals surface area contributed by atoms with Crippen LogP contribution in [0.2, 0.25) is 0 Å². The molecule has 1 atom stereocenters. The first-order chi connectivity index (χ1) is 15.4. The molecule has 0 radical (unpaired) electrons. The molecule has 0 bridgehead atoms. The summed E-state index contributed by atoms with van der Waals surface area (Å²) in [5.74, 6) is 2.43. The van der Waals surface area contributed by atoms with E-state index in [4.69, 9.17) is 14.7 Å². The molecule has 0 aliphatic carbocycles. The van der Waals surface area contributed by atoms with Crippen LogP contribution in [0.15, 0.2) is 48.8 Å². The van der Waals surface area contributed by atoms with Gasteiger partial charge in [-0.25, -0.2) is 9.97 Å². The van der Waals surface area contributed by atoms with Crippen LogP contribution in [-0.2, 0) is 4.79 Å². The predicted molar refractivity (Wildman–Crippen MR) is 125 cm³/mol. The van der Waals surface area contributed by atoms with Gasteiger partial charge >= 0.3 is 0 Å². The van der Waals surface area contributed by atoms with E-state index in [1.54, 1.807) is 26.4 Å². The number of ether oxygens (including phenoxy) is 1. The zero-order valence-corrected chi connectivity index (χ0v) is 19.1. The van der Waals surface area contributed by atoms with Crippen molar-refractivity contribution < 1.29 is 9.53 Å². The monoisotopic (exact) mass is 431 g/mol. The molecule has 2 aromatic heterocycles. The van der Waals surface area contributed by atoms with E-state index in [-0.39, 0.29) is 11.8 Å². The SMILES string of the molecule is COc1cncc(-c2cc(N(C)c3cccc(C)c3)nc(C3CCCN(C(C)=O)C3)n2)c1. The van der Waals surface area contributed by atoms with E-state index in [9.17, 15) is 4.79 Å². The lowest BCUT2D eigenvalue weighted by molar-refractivity contribution is -0.130. The second kappa shape index (κ2) is 9.34. The Morgan fingerprint density at radius 2 is 2.03 bits per heavy atom. The van der Waals surface area contributed by atoms with Crippen LogP contribution < -0.4 is 9.64 Å². The fourth-order valence-electron chi connectivity index (χ4n) is 4.07. The molecule has 0 N–H and O–H groups in total. The Morgan fingerprint density at radius 3 is 2.78 bits per heavy atom. The van der Waals surface area contributed by atoms with E-state index in [1.165, 1.54) is 5.56 Å². The molecule has 0 spiro atoms. The van der Waals surface area contributed by atoms with Crippen LogP contribution >= 0.6 is 0 Å². The normalized spacial score (nSPS) is 16.0. The molecule has 166 valence electrons.